The molecule has 3 aliphatic rings. The van der Waals surface area contributed by atoms with Crippen LogP contribution in [-0.4, -0.2) is 35.8 Å². The minimum Gasteiger partial charge on any atom is -0.347 e. The molecule has 3 N–H and O–H groups in total. The van der Waals surface area contributed by atoms with Gasteiger partial charge in [-0.05, 0) is 25.2 Å². The Morgan fingerprint density at radius 3 is 2.67 bits per heavy atom. The molecule has 24 heavy (non-hydrogen) atoms. The molecule has 1 unspecified atom stereocenters. The Morgan fingerprint density at radius 1 is 1.25 bits per heavy atom. The van der Waals surface area contributed by atoms with E-state index in [0.29, 0.717) is 19.0 Å². The minimum absolute atomic E-state index is 0.0295. The average molecular weight is 342 g/mol. The molecule has 1 saturated heterocycles. The van der Waals surface area contributed by atoms with Gasteiger partial charge in [-0.25, -0.2) is 4.98 Å². The van der Waals surface area contributed by atoms with E-state index in [1.807, 2.05) is 0 Å². The second-order valence-electron chi connectivity index (χ2n) is 7.87. The molecule has 0 spiro atoms. The Balaban J connectivity index is 1.48. The maximum absolute atomic E-state index is 13.5. The molecular formula is C17H25F3N4. The van der Waals surface area contributed by atoms with Gasteiger partial charge in [0.2, 0.25) is 0 Å². The Labute approximate surface area is 140 Å². The molecule has 3 fully saturated rings. The third kappa shape index (κ3) is 2.47. The number of piperidine rings is 1. The van der Waals surface area contributed by atoms with E-state index in [2.05, 4.69) is 20.6 Å². The Hall–Kier alpha value is -1.08. The van der Waals surface area contributed by atoms with Crippen molar-refractivity contribution in [1.82, 2.24) is 20.6 Å². The highest BCUT2D eigenvalue weighted by atomic mass is 19.4. The summed E-state index contributed by atoms with van der Waals surface area (Å²) in [7, 11) is 0. The summed E-state index contributed by atoms with van der Waals surface area (Å²) >= 11 is 0. The van der Waals surface area contributed by atoms with Crippen LogP contribution in [0.1, 0.15) is 50.4 Å². The topological polar surface area (TPSA) is 52.7 Å². The zero-order valence-corrected chi connectivity index (χ0v) is 13.8. The molecule has 0 aromatic carbocycles. The summed E-state index contributed by atoms with van der Waals surface area (Å²) in [5, 5.41) is 6.44. The van der Waals surface area contributed by atoms with Crippen LogP contribution < -0.4 is 10.6 Å². The number of alkyl halides is 3. The third-order valence-corrected chi connectivity index (χ3v) is 6.56. The van der Waals surface area contributed by atoms with Crippen LogP contribution >= 0.6 is 0 Å². The molecule has 2 saturated carbocycles. The predicted molar refractivity (Wildman–Crippen MR) is 84.3 cm³/mol. The molecule has 1 aliphatic heterocycles. The van der Waals surface area contributed by atoms with Crippen LogP contribution in [0.15, 0.2) is 12.4 Å². The first-order chi connectivity index (χ1) is 11.5. The smallest absolute Gasteiger partial charge is 0.347 e. The number of hydrogen-bond acceptors (Lipinski definition) is 3. The standard InChI is InChI=1S/C17H25F3N4/c18-17(19,20)16-8-15(16,9-21-11-16)10-24-13(14-22-6-7-23-14)12-4-2-1-3-5-12/h6-7,12-13,21,24H,1-5,8-11H2,(H,22,23)/t13?,15-,16-/m0/s1. The summed E-state index contributed by atoms with van der Waals surface area (Å²) in [4.78, 5) is 7.55. The predicted octanol–water partition coefficient (Wildman–Crippen LogP) is 3.16. The van der Waals surface area contributed by atoms with E-state index in [4.69, 9.17) is 0 Å². The number of halogens is 3. The van der Waals surface area contributed by atoms with Gasteiger partial charge in [0, 0.05) is 37.4 Å². The monoisotopic (exact) mass is 342 g/mol. The fourth-order valence-corrected chi connectivity index (χ4v) is 5.03. The van der Waals surface area contributed by atoms with Gasteiger partial charge in [-0.2, -0.15) is 13.2 Å². The molecule has 2 aliphatic carbocycles. The molecule has 0 radical (unpaired) electrons. The van der Waals surface area contributed by atoms with Gasteiger partial charge in [-0.3, -0.25) is 0 Å². The fourth-order valence-electron chi connectivity index (χ4n) is 5.03. The first-order valence-electron chi connectivity index (χ1n) is 8.98. The van der Waals surface area contributed by atoms with E-state index in [9.17, 15) is 13.2 Å². The molecular weight excluding hydrogens is 317 g/mol. The molecule has 0 bridgehead atoms. The van der Waals surface area contributed by atoms with E-state index in [-0.39, 0.29) is 19.0 Å². The molecule has 1 aromatic rings. The zero-order valence-electron chi connectivity index (χ0n) is 13.8. The van der Waals surface area contributed by atoms with Crippen LogP contribution in [0.4, 0.5) is 13.2 Å². The molecule has 7 heteroatoms. The van der Waals surface area contributed by atoms with E-state index in [1.165, 1.54) is 19.3 Å². The maximum Gasteiger partial charge on any atom is 0.396 e. The fraction of sp³-hybridized carbons (Fsp3) is 0.824. The van der Waals surface area contributed by atoms with E-state index >= 15 is 0 Å². The lowest BCUT2D eigenvalue weighted by atomic mass is 9.83. The largest absolute Gasteiger partial charge is 0.396 e. The highest BCUT2D eigenvalue weighted by Crippen LogP contribution is 2.72. The molecule has 1 aromatic heterocycles. The zero-order chi connectivity index (χ0) is 16.8. The number of fused-ring (bicyclic) bond motifs is 1. The number of imidazole rings is 1. The lowest BCUT2D eigenvalue weighted by molar-refractivity contribution is -0.190. The van der Waals surface area contributed by atoms with Gasteiger partial charge >= 0.3 is 6.18 Å². The second kappa shape index (κ2) is 5.73. The van der Waals surface area contributed by atoms with Gasteiger partial charge in [-0.15, -0.1) is 0 Å². The average Bonchev–Trinajstić information content (AvgIpc) is 2.93. The summed E-state index contributed by atoms with van der Waals surface area (Å²) < 4.78 is 40.5. The van der Waals surface area contributed by atoms with Crippen molar-refractivity contribution in [3.8, 4) is 0 Å². The third-order valence-electron chi connectivity index (χ3n) is 6.56. The second-order valence-corrected chi connectivity index (χ2v) is 7.87. The maximum atomic E-state index is 13.5. The number of nitrogens with one attached hydrogen (secondary N) is 3. The van der Waals surface area contributed by atoms with Gasteiger partial charge in [0.05, 0.1) is 11.5 Å². The summed E-state index contributed by atoms with van der Waals surface area (Å²) in [5.74, 6) is 1.32. The lowest BCUT2D eigenvalue weighted by Gasteiger charge is -2.31. The van der Waals surface area contributed by atoms with Gasteiger partial charge < -0.3 is 15.6 Å². The number of aromatic amines is 1. The van der Waals surface area contributed by atoms with E-state index in [1.54, 1.807) is 12.4 Å². The molecule has 4 rings (SSSR count). The minimum atomic E-state index is -4.12. The Morgan fingerprint density at radius 2 is 2.04 bits per heavy atom. The molecule has 3 atom stereocenters. The van der Waals surface area contributed by atoms with Gasteiger partial charge in [0.1, 0.15) is 5.82 Å². The first-order valence-corrected chi connectivity index (χ1v) is 8.98. The molecule has 2 heterocycles. The van der Waals surface area contributed by atoms with Crippen molar-refractivity contribution >= 4 is 0 Å². The highest BCUT2D eigenvalue weighted by Gasteiger charge is 2.81. The van der Waals surface area contributed by atoms with Crippen molar-refractivity contribution in [2.75, 3.05) is 19.6 Å². The number of nitrogens with zero attached hydrogens (tertiary/aromatic N) is 1. The van der Waals surface area contributed by atoms with Crippen LogP contribution in [0.2, 0.25) is 0 Å². The van der Waals surface area contributed by atoms with Crippen molar-refractivity contribution < 1.29 is 13.2 Å². The SMILES string of the molecule is FC(F)(F)[C@@]12CNC[C@]1(CNC(c1ncc[nH]1)C1CCCCC1)C2. The Bertz CT molecular complexity index is 567. The van der Waals surface area contributed by atoms with Crippen LogP contribution in [0.5, 0.6) is 0 Å². The number of H-pyrrole nitrogens is 1. The van der Waals surface area contributed by atoms with Crippen molar-refractivity contribution in [3.63, 3.8) is 0 Å². The normalized spacial score (nSPS) is 35.0. The van der Waals surface area contributed by atoms with Gasteiger partial charge in [0.25, 0.3) is 0 Å². The van der Waals surface area contributed by atoms with Crippen molar-refractivity contribution in [2.24, 2.45) is 16.7 Å². The number of rotatable bonds is 5. The van der Waals surface area contributed by atoms with Gasteiger partial charge in [0.15, 0.2) is 0 Å². The molecule has 134 valence electrons. The number of aromatic nitrogens is 2. The van der Waals surface area contributed by atoms with E-state index < -0.39 is 17.0 Å². The Kier molecular flexibility index (Phi) is 3.91. The van der Waals surface area contributed by atoms with Gasteiger partial charge in [-0.1, -0.05) is 19.3 Å². The first kappa shape index (κ1) is 16.4. The van der Waals surface area contributed by atoms with E-state index in [0.717, 1.165) is 18.7 Å². The van der Waals surface area contributed by atoms with Crippen LogP contribution in [-0.2, 0) is 0 Å². The quantitative estimate of drug-likeness (QED) is 0.770. The van der Waals surface area contributed by atoms with Crippen molar-refractivity contribution in [3.05, 3.63) is 18.2 Å². The summed E-state index contributed by atoms with van der Waals surface area (Å²) in [6.45, 7) is 0.920. The van der Waals surface area contributed by atoms with Crippen molar-refractivity contribution in [2.45, 2.75) is 50.7 Å². The summed E-state index contributed by atoms with van der Waals surface area (Å²) in [5.41, 5.74) is -2.20. The lowest BCUT2D eigenvalue weighted by Crippen LogP contribution is -2.39. The highest BCUT2D eigenvalue weighted by molar-refractivity contribution is 5.24. The summed E-state index contributed by atoms with van der Waals surface area (Å²) in [6, 6.07) is 0.0295. The van der Waals surface area contributed by atoms with Crippen LogP contribution in [0, 0.1) is 16.7 Å². The molecule has 0 amide bonds. The summed E-state index contributed by atoms with van der Waals surface area (Å²) in [6.07, 6.45) is 5.53. The molecule has 4 nitrogen and oxygen atoms in total. The van der Waals surface area contributed by atoms with Crippen LogP contribution in [0.25, 0.3) is 0 Å². The van der Waals surface area contributed by atoms with Crippen molar-refractivity contribution in [1.29, 1.82) is 0 Å². The number of hydrogen-bond donors (Lipinski definition) is 3. The van der Waals surface area contributed by atoms with Crippen LogP contribution in [0.3, 0.4) is 0 Å².